The molecule has 1 unspecified atom stereocenters. The van der Waals surface area contributed by atoms with Gasteiger partial charge >= 0.3 is 11.9 Å². The average molecular weight is 361 g/mol. The molecule has 0 aromatic heterocycles. The molecule has 138 valence electrons. The average Bonchev–Trinajstić information content (AvgIpc) is 3.30. The maximum atomic E-state index is 12.3. The molecule has 3 rings (SSSR count). The summed E-state index contributed by atoms with van der Waals surface area (Å²) in [6, 6.07) is 5.27. The van der Waals surface area contributed by atoms with E-state index in [2.05, 4.69) is 6.58 Å². The summed E-state index contributed by atoms with van der Waals surface area (Å²) >= 11 is 0. The number of esters is 2. The Hall–Kier alpha value is -2.74. The number of hydrogen-bond acceptors (Lipinski definition) is 7. The Balaban J connectivity index is 1.60. The van der Waals surface area contributed by atoms with Crippen molar-refractivity contribution in [2.75, 3.05) is 6.61 Å². The quantitative estimate of drug-likeness (QED) is 0.261. The molecular weight excluding hydrogens is 342 g/mol. The molecule has 0 amide bonds. The standard InChI is InChI=1S/C18H19NO7/c1-11-3-8-15(9-18(11)16(26-18)10-24-12(2)20)25-17(21)13-4-6-14(7-5-13)19(22)23/h4-7,15-16H,1,3,8-10H2,2H3/t15?,16-,18+/m0/s1. The van der Waals surface area contributed by atoms with E-state index in [1.54, 1.807) is 0 Å². The summed E-state index contributed by atoms with van der Waals surface area (Å²) in [7, 11) is 0. The molecule has 0 radical (unpaired) electrons. The van der Waals surface area contributed by atoms with Crippen molar-refractivity contribution in [1.29, 1.82) is 0 Å². The number of non-ortho nitro benzene ring substituents is 1. The van der Waals surface area contributed by atoms with Crippen LogP contribution in [0.2, 0.25) is 0 Å². The van der Waals surface area contributed by atoms with Crippen LogP contribution < -0.4 is 0 Å². The second-order valence-corrected chi connectivity index (χ2v) is 6.48. The first kappa shape index (κ1) is 18.1. The molecule has 1 saturated heterocycles. The van der Waals surface area contributed by atoms with Crippen LogP contribution >= 0.6 is 0 Å². The van der Waals surface area contributed by atoms with Crippen molar-refractivity contribution in [2.45, 2.75) is 44.0 Å². The zero-order valence-corrected chi connectivity index (χ0v) is 14.3. The number of rotatable bonds is 5. The predicted molar refractivity (Wildman–Crippen MR) is 89.5 cm³/mol. The lowest BCUT2D eigenvalue weighted by Gasteiger charge is -2.29. The zero-order valence-electron chi connectivity index (χ0n) is 14.3. The molecule has 1 aromatic carbocycles. The maximum Gasteiger partial charge on any atom is 0.338 e. The van der Waals surface area contributed by atoms with Gasteiger partial charge in [0, 0.05) is 25.5 Å². The summed E-state index contributed by atoms with van der Waals surface area (Å²) < 4.78 is 16.3. The van der Waals surface area contributed by atoms with E-state index in [1.807, 2.05) is 0 Å². The van der Waals surface area contributed by atoms with Crippen LogP contribution in [0.15, 0.2) is 36.4 Å². The molecule has 1 spiro atoms. The van der Waals surface area contributed by atoms with E-state index >= 15 is 0 Å². The van der Waals surface area contributed by atoms with E-state index in [1.165, 1.54) is 31.2 Å². The fourth-order valence-electron chi connectivity index (χ4n) is 3.24. The van der Waals surface area contributed by atoms with E-state index in [9.17, 15) is 19.7 Å². The number of benzene rings is 1. The van der Waals surface area contributed by atoms with Gasteiger partial charge in [-0.2, -0.15) is 0 Å². The summed E-state index contributed by atoms with van der Waals surface area (Å²) in [4.78, 5) is 33.4. The Kier molecular flexibility index (Phi) is 4.78. The van der Waals surface area contributed by atoms with Crippen molar-refractivity contribution in [1.82, 2.24) is 0 Å². The summed E-state index contributed by atoms with van der Waals surface area (Å²) in [6.07, 6.45) is 1.11. The predicted octanol–water partition coefficient (Wildman–Crippen LogP) is 2.56. The Bertz CT molecular complexity index is 757. The minimum atomic E-state index is -0.603. The minimum absolute atomic E-state index is 0.0887. The number of nitro benzene ring substituents is 1. The normalized spacial score (nSPS) is 27.0. The lowest BCUT2D eigenvalue weighted by Crippen LogP contribution is -2.34. The molecule has 8 nitrogen and oxygen atoms in total. The van der Waals surface area contributed by atoms with Gasteiger partial charge in [-0.1, -0.05) is 6.58 Å². The SMILES string of the molecule is C=C1CCC(OC(=O)c2ccc([N+](=O)[O-])cc2)C[C@@]12O[C@H]2COC(C)=O. The molecule has 1 aromatic rings. The monoisotopic (exact) mass is 361 g/mol. The molecular formula is C18H19NO7. The van der Waals surface area contributed by atoms with E-state index in [4.69, 9.17) is 14.2 Å². The molecule has 1 saturated carbocycles. The van der Waals surface area contributed by atoms with Gasteiger partial charge in [0.15, 0.2) is 0 Å². The second kappa shape index (κ2) is 6.87. The van der Waals surface area contributed by atoms with Crippen molar-refractivity contribution < 1.29 is 28.7 Å². The largest absolute Gasteiger partial charge is 0.463 e. The van der Waals surface area contributed by atoms with Gasteiger partial charge in [0.1, 0.15) is 24.4 Å². The van der Waals surface area contributed by atoms with Crippen molar-refractivity contribution in [3.05, 3.63) is 52.1 Å². The third-order valence-corrected chi connectivity index (χ3v) is 4.74. The van der Waals surface area contributed by atoms with Crippen molar-refractivity contribution in [3.8, 4) is 0 Å². The van der Waals surface area contributed by atoms with Gasteiger partial charge in [0.25, 0.3) is 5.69 Å². The van der Waals surface area contributed by atoms with E-state index in [0.29, 0.717) is 19.3 Å². The van der Waals surface area contributed by atoms with Crippen LogP contribution in [0.3, 0.4) is 0 Å². The van der Waals surface area contributed by atoms with Crippen LogP contribution in [0.5, 0.6) is 0 Å². The fourth-order valence-corrected chi connectivity index (χ4v) is 3.24. The van der Waals surface area contributed by atoms with Crippen molar-refractivity contribution in [3.63, 3.8) is 0 Å². The molecule has 1 aliphatic carbocycles. The van der Waals surface area contributed by atoms with E-state index in [-0.39, 0.29) is 36.0 Å². The van der Waals surface area contributed by atoms with Gasteiger partial charge in [0.2, 0.25) is 0 Å². The minimum Gasteiger partial charge on any atom is -0.463 e. The number of carbonyl (C=O) groups is 2. The Morgan fingerprint density at radius 1 is 1.38 bits per heavy atom. The highest BCUT2D eigenvalue weighted by Crippen LogP contribution is 2.51. The number of hydrogen-bond donors (Lipinski definition) is 0. The number of ether oxygens (including phenoxy) is 3. The van der Waals surface area contributed by atoms with Gasteiger partial charge in [-0.05, 0) is 30.5 Å². The molecule has 1 aliphatic heterocycles. The first-order valence-corrected chi connectivity index (χ1v) is 8.26. The molecule has 2 fully saturated rings. The van der Waals surface area contributed by atoms with E-state index in [0.717, 1.165) is 5.57 Å². The highest BCUT2D eigenvalue weighted by atomic mass is 16.6. The highest BCUT2D eigenvalue weighted by Gasteiger charge is 2.61. The van der Waals surface area contributed by atoms with Crippen LogP contribution in [0.4, 0.5) is 5.69 Å². The lowest BCUT2D eigenvalue weighted by molar-refractivity contribution is -0.384. The Labute approximate surface area is 149 Å². The summed E-state index contributed by atoms with van der Waals surface area (Å²) in [5.74, 6) is -0.914. The number of epoxide rings is 1. The Morgan fingerprint density at radius 2 is 2.08 bits per heavy atom. The first-order valence-electron chi connectivity index (χ1n) is 8.26. The molecule has 26 heavy (non-hydrogen) atoms. The zero-order chi connectivity index (χ0) is 18.9. The number of carbonyl (C=O) groups excluding carboxylic acids is 2. The molecule has 0 N–H and O–H groups in total. The number of nitro groups is 1. The van der Waals surface area contributed by atoms with Gasteiger partial charge in [-0.25, -0.2) is 4.79 Å². The van der Waals surface area contributed by atoms with Crippen LogP contribution in [-0.2, 0) is 19.0 Å². The third kappa shape index (κ3) is 3.60. The summed E-state index contributed by atoms with van der Waals surface area (Å²) in [5.41, 5.74) is 0.474. The fraction of sp³-hybridized carbons (Fsp3) is 0.444. The first-order chi connectivity index (χ1) is 12.3. The van der Waals surface area contributed by atoms with Crippen molar-refractivity contribution >= 4 is 17.6 Å². The van der Waals surface area contributed by atoms with Crippen LogP contribution in [0.25, 0.3) is 0 Å². The van der Waals surface area contributed by atoms with Gasteiger partial charge in [-0.3, -0.25) is 14.9 Å². The van der Waals surface area contributed by atoms with Crippen LogP contribution in [-0.4, -0.2) is 41.3 Å². The van der Waals surface area contributed by atoms with Gasteiger partial charge < -0.3 is 14.2 Å². The van der Waals surface area contributed by atoms with Gasteiger partial charge in [0.05, 0.1) is 10.5 Å². The second-order valence-electron chi connectivity index (χ2n) is 6.48. The molecule has 2 aliphatic rings. The topological polar surface area (TPSA) is 108 Å². The number of nitrogens with zero attached hydrogens (tertiary/aromatic N) is 1. The summed E-state index contributed by atoms with van der Waals surface area (Å²) in [6.45, 7) is 5.52. The van der Waals surface area contributed by atoms with Crippen LogP contribution in [0, 0.1) is 10.1 Å². The molecule has 0 bridgehead atoms. The smallest absolute Gasteiger partial charge is 0.338 e. The molecule has 3 atom stereocenters. The van der Waals surface area contributed by atoms with Crippen LogP contribution in [0.1, 0.15) is 36.5 Å². The summed E-state index contributed by atoms with van der Waals surface area (Å²) in [5, 5.41) is 10.7. The van der Waals surface area contributed by atoms with Crippen molar-refractivity contribution in [2.24, 2.45) is 0 Å². The maximum absolute atomic E-state index is 12.3. The Morgan fingerprint density at radius 3 is 2.69 bits per heavy atom. The molecule has 1 heterocycles. The highest BCUT2D eigenvalue weighted by molar-refractivity contribution is 5.89. The van der Waals surface area contributed by atoms with E-state index < -0.39 is 16.5 Å². The molecule has 8 heteroatoms. The third-order valence-electron chi connectivity index (χ3n) is 4.74. The lowest BCUT2D eigenvalue weighted by atomic mass is 9.81. The van der Waals surface area contributed by atoms with Gasteiger partial charge in [-0.15, -0.1) is 0 Å².